The van der Waals surface area contributed by atoms with Crippen LogP contribution in [0.15, 0.2) is 0 Å². The normalized spacial score (nSPS) is 55.3. The van der Waals surface area contributed by atoms with Crippen LogP contribution in [-0.4, -0.2) is 8.96 Å². The summed E-state index contributed by atoms with van der Waals surface area (Å²) in [6, 6.07) is 0. The summed E-state index contributed by atoms with van der Waals surface area (Å²) < 4.78 is 11.6. The molecule has 1 unspecified atom stereocenters. The van der Waals surface area contributed by atoms with Crippen LogP contribution in [-0.2, 0) is 10.0 Å². The zero-order valence-corrected chi connectivity index (χ0v) is 9.24. The van der Waals surface area contributed by atoms with Gasteiger partial charge in [0.25, 0.3) is 0 Å². The van der Waals surface area contributed by atoms with E-state index in [1.807, 2.05) is 0 Å². The number of rotatable bonds is 1. The second kappa shape index (κ2) is 2.73. The predicted octanol–water partition coefficient (Wildman–Crippen LogP) is 2.86. The maximum Gasteiger partial charge on any atom is 0.121 e. The molecule has 13 heavy (non-hydrogen) atoms. The standard InChI is InChI=1S/C10H15ClOS/c11-13(12)10-4-7-1-8(5-10)3-9(2-7)6-10/h7-9H,1-6H2. The van der Waals surface area contributed by atoms with Crippen LogP contribution in [0.25, 0.3) is 0 Å². The quantitative estimate of drug-likeness (QED) is 0.619. The fourth-order valence-corrected chi connectivity index (χ4v) is 5.89. The highest BCUT2D eigenvalue weighted by Gasteiger charge is 2.53. The van der Waals surface area contributed by atoms with Gasteiger partial charge in [-0.25, -0.2) is 4.21 Å². The summed E-state index contributed by atoms with van der Waals surface area (Å²) in [5.74, 6) is 2.57. The zero-order chi connectivity index (χ0) is 9.05. The van der Waals surface area contributed by atoms with Gasteiger partial charge in [0, 0.05) is 0 Å². The summed E-state index contributed by atoms with van der Waals surface area (Å²) in [5.41, 5.74) is 0. The van der Waals surface area contributed by atoms with Gasteiger partial charge in [-0.2, -0.15) is 0 Å². The van der Waals surface area contributed by atoms with Crippen LogP contribution >= 0.6 is 10.7 Å². The largest absolute Gasteiger partial charge is 0.242 e. The summed E-state index contributed by atoms with van der Waals surface area (Å²) in [7, 11) is 4.77. The molecule has 0 amide bonds. The van der Waals surface area contributed by atoms with Gasteiger partial charge >= 0.3 is 0 Å². The Morgan fingerprint density at radius 2 is 1.38 bits per heavy atom. The fraction of sp³-hybridized carbons (Fsp3) is 1.00. The van der Waals surface area contributed by atoms with Crippen LogP contribution in [0, 0.1) is 17.8 Å². The molecule has 0 spiro atoms. The Balaban J connectivity index is 1.95. The average Bonchev–Trinajstić information content (AvgIpc) is 2.00. The van der Waals surface area contributed by atoms with Gasteiger partial charge in [-0.05, 0) is 67.0 Å². The molecule has 0 N–H and O–H groups in total. The van der Waals surface area contributed by atoms with Crippen molar-refractivity contribution in [2.75, 3.05) is 0 Å². The molecule has 74 valence electrons. The molecule has 4 saturated carbocycles. The van der Waals surface area contributed by atoms with Gasteiger partial charge in [0.1, 0.15) is 10.0 Å². The molecule has 1 atom stereocenters. The lowest BCUT2D eigenvalue weighted by Crippen LogP contribution is -2.51. The Bertz CT molecular complexity index is 228. The van der Waals surface area contributed by atoms with Gasteiger partial charge in [-0.3, -0.25) is 0 Å². The van der Waals surface area contributed by atoms with Crippen LogP contribution < -0.4 is 0 Å². The van der Waals surface area contributed by atoms with Crippen LogP contribution in [0.3, 0.4) is 0 Å². The summed E-state index contributed by atoms with van der Waals surface area (Å²) in [6.45, 7) is 0. The molecule has 0 radical (unpaired) electrons. The van der Waals surface area contributed by atoms with Crippen molar-refractivity contribution in [2.45, 2.75) is 43.3 Å². The first-order valence-electron chi connectivity index (χ1n) is 5.26. The van der Waals surface area contributed by atoms with Gasteiger partial charge in [0.2, 0.25) is 0 Å². The van der Waals surface area contributed by atoms with E-state index in [1.54, 1.807) is 0 Å². The molecule has 4 aliphatic carbocycles. The molecule has 0 heterocycles. The Morgan fingerprint density at radius 1 is 1.00 bits per heavy atom. The lowest BCUT2D eigenvalue weighted by molar-refractivity contribution is 0.0368. The van der Waals surface area contributed by atoms with Crippen molar-refractivity contribution in [3.8, 4) is 0 Å². The van der Waals surface area contributed by atoms with Crippen molar-refractivity contribution in [3.05, 3.63) is 0 Å². The molecule has 4 rings (SSSR count). The predicted molar refractivity (Wildman–Crippen MR) is 54.9 cm³/mol. The van der Waals surface area contributed by atoms with E-state index in [2.05, 4.69) is 0 Å². The van der Waals surface area contributed by atoms with E-state index in [1.165, 1.54) is 19.3 Å². The van der Waals surface area contributed by atoms with Gasteiger partial charge in [0.05, 0.1) is 4.75 Å². The highest BCUT2D eigenvalue weighted by atomic mass is 35.7. The molecule has 0 saturated heterocycles. The van der Waals surface area contributed by atoms with Crippen molar-refractivity contribution in [1.29, 1.82) is 0 Å². The first kappa shape index (κ1) is 8.72. The van der Waals surface area contributed by atoms with Crippen LogP contribution in [0.5, 0.6) is 0 Å². The monoisotopic (exact) mass is 218 g/mol. The van der Waals surface area contributed by atoms with Crippen molar-refractivity contribution < 1.29 is 4.21 Å². The molecule has 0 aromatic rings. The Kier molecular flexibility index (Phi) is 1.83. The highest BCUT2D eigenvalue weighted by Crippen LogP contribution is 2.58. The van der Waals surface area contributed by atoms with Gasteiger partial charge in [-0.1, -0.05) is 0 Å². The molecule has 4 fully saturated rings. The summed E-state index contributed by atoms with van der Waals surface area (Å²) in [4.78, 5) is 0. The Morgan fingerprint density at radius 3 is 1.69 bits per heavy atom. The number of halogens is 1. The minimum atomic E-state index is -1.10. The van der Waals surface area contributed by atoms with Gasteiger partial charge in [0.15, 0.2) is 0 Å². The Hall–Kier alpha value is 0.440. The van der Waals surface area contributed by atoms with Crippen LogP contribution in [0.2, 0.25) is 0 Å². The topological polar surface area (TPSA) is 17.1 Å². The van der Waals surface area contributed by atoms with Crippen molar-refractivity contribution in [2.24, 2.45) is 17.8 Å². The van der Waals surface area contributed by atoms with Crippen LogP contribution in [0.4, 0.5) is 0 Å². The summed E-state index contributed by atoms with van der Waals surface area (Å²) in [6.07, 6.45) is 7.63. The van der Waals surface area contributed by atoms with Crippen LogP contribution in [0.1, 0.15) is 38.5 Å². The summed E-state index contributed by atoms with van der Waals surface area (Å²) in [5, 5.41) is 0. The lowest BCUT2D eigenvalue weighted by atomic mass is 9.56. The third kappa shape index (κ3) is 1.21. The van der Waals surface area contributed by atoms with E-state index in [0.717, 1.165) is 37.0 Å². The molecule has 0 aromatic heterocycles. The minimum Gasteiger partial charge on any atom is -0.242 e. The molecule has 4 aliphatic rings. The molecule has 4 bridgehead atoms. The fourth-order valence-electron chi connectivity index (χ4n) is 4.23. The molecule has 3 heteroatoms. The van der Waals surface area contributed by atoms with E-state index < -0.39 is 10.0 Å². The minimum absolute atomic E-state index is 0.0380. The van der Waals surface area contributed by atoms with Crippen molar-refractivity contribution in [3.63, 3.8) is 0 Å². The lowest BCUT2D eigenvalue weighted by Gasteiger charge is -2.55. The van der Waals surface area contributed by atoms with E-state index in [-0.39, 0.29) is 4.75 Å². The van der Waals surface area contributed by atoms with Crippen molar-refractivity contribution >= 4 is 20.7 Å². The third-order valence-electron chi connectivity index (χ3n) is 4.32. The molecular weight excluding hydrogens is 204 g/mol. The zero-order valence-electron chi connectivity index (χ0n) is 7.67. The maximum absolute atomic E-state index is 11.6. The SMILES string of the molecule is O=S(Cl)C12CC3CC(CC(C3)C1)C2. The van der Waals surface area contributed by atoms with E-state index in [0.29, 0.717) is 0 Å². The highest BCUT2D eigenvalue weighted by molar-refractivity contribution is 8.09. The summed E-state index contributed by atoms with van der Waals surface area (Å²) >= 11 is 0. The average molecular weight is 219 g/mol. The molecular formula is C10H15ClOS. The molecule has 0 aromatic carbocycles. The molecule has 1 nitrogen and oxygen atoms in total. The first-order chi connectivity index (χ1) is 6.18. The number of hydrogen-bond donors (Lipinski definition) is 0. The number of hydrogen-bond acceptors (Lipinski definition) is 1. The second-order valence-corrected chi connectivity index (χ2v) is 7.48. The van der Waals surface area contributed by atoms with Gasteiger partial charge in [-0.15, -0.1) is 0 Å². The molecule has 0 aliphatic heterocycles. The Labute approximate surface area is 86.2 Å². The third-order valence-corrected chi connectivity index (χ3v) is 6.49. The van der Waals surface area contributed by atoms with E-state index in [9.17, 15) is 4.21 Å². The van der Waals surface area contributed by atoms with Crippen molar-refractivity contribution in [1.82, 2.24) is 0 Å². The smallest absolute Gasteiger partial charge is 0.121 e. The van der Waals surface area contributed by atoms with E-state index >= 15 is 0 Å². The van der Waals surface area contributed by atoms with Gasteiger partial charge < -0.3 is 0 Å². The maximum atomic E-state index is 11.6. The first-order valence-corrected chi connectivity index (χ1v) is 7.24. The van der Waals surface area contributed by atoms with E-state index in [4.69, 9.17) is 10.7 Å². The second-order valence-electron chi connectivity index (χ2n) is 5.32.